The molecule has 3 aromatic rings. The SMILES string of the molecule is CC1=C(c2ccc(NC(=O)c3c(O)cccc3F)cc2)CN(c2nccs2)CC1. The van der Waals surface area contributed by atoms with E-state index in [1.807, 2.05) is 23.7 Å². The van der Waals surface area contributed by atoms with Crippen molar-refractivity contribution in [1.29, 1.82) is 0 Å². The molecule has 2 heterocycles. The van der Waals surface area contributed by atoms with Gasteiger partial charge in [-0.3, -0.25) is 4.79 Å². The van der Waals surface area contributed by atoms with Crippen LogP contribution in [0.5, 0.6) is 5.75 Å². The van der Waals surface area contributed by atoms with E-state index < -0.39 is 11.7 Å². The highest BCUT2D eigenvalue weighted by Gasteiger charge is 2.20. The molecule has 0 unspecified atom stereocenters. The monoisotopic (exact) mass is 409 g/mol. The summed E-state index contributed by atoms with van der Waals surface area (Å²) >= 11 is 1.63. The molecule has 4 rings (SSSR count). The molecule has 0 saturated heterocycles. The molecule has 0 bridgehead atoms. The number of benzene rings is 2. The van der Waals surface area contributed by atoms with Gasteiger partial charge in [-0.15, -0.1) is 11.3 Å². The standard InChI is InChI=1S/C22H20FN3O2S/c1-14-9-11-26(22-24-10-12-29-22)13-17(14)15-5-7-16(8-6-15)25-21(28)20-18(23)3-2-4-19(20)27/h2-8,10,12,27H,9,11,13H2,1H3,(H,25,28). The van der Waals surface area contributed by atoms with Gasteiger partial charge in [-0.2, -0.15) is 0 Å². The molecule has 2 aromatic carbocycles. The third-order valence-electron chi connectivity index (χ3n) is 5.02. The van der Waals surface area contributed by atoms with Crippen LogP contribution in [0.15, 0.2) is 59.6 Å². The lowest BCUT2D eigenvalue weighted by Gasteiger charge is -2.30. The lowest BCUT2D eigenvalue weighted by Crippen LogP contribution is -2.30. The molecular weight excluding hydrogens is 389 g/mol. The first kappa shape index (κ1) is 19.1. The number of carbonyl (C=O) groups is 1. The number of nitrogens with zero attached hydrogens (tertiary/aromatic N) is 2. The molecule has 148 valence electrons. The van der Waals surface area contributed by atoms with Crippen molar-refractivity contribution in [3.63, 3.8) is 0 Å². The van der Waals surface area contributed by atoms with Gasteiger partial charge in [-0.1, -0.05) is 23.8 Å². The Kier molecular flexibility index (Phi) is 5.31. The fourth-order valence-corrected chi connectivity index (χ4v) is 4.09. The molecule has 0 atom stereocenters. The van der Waals surface area contributed by atoms with Crippen molar-refractivity contribution in [2.75, 3.05) is 23.3 Å². The van der Waals surface area contributed by atoms with E-state index in [0.717, 1.165) is 36.3 Å². The Bertz CT molecular complexity index is 1040. The van der Waals surface area contributed by atoms with Gasteiger partial charge in [0.05, 0.1) is 0 Å². The van der Waals surface area contributed by atoms with Crippen LogP contribution in [-0.2, 0) is 0 Å². The van der Waals surface area contributed by atoms with Gasteiger partial charge in [0.15, 0.2) is 5.13 Å². The highest BCUT2D eigenvalue weighted by atomic mass is 32.1. The van der Waals surface area contributed by atoms with Gasteiger partial charge in [0, 0.05) is 30.4 Å². The summed E-state index contributed by atoms with van der Waals surface area (Å²) in [5.74, 6) is -1.83. The van der Waals surface area contributed by atoms with Gasteiger partial charge in [0.1, 0.15) is 17.1 Å². The van der Waals surface area contributed by atoms with Crippen molar-refractivity contribution >= 4 is 33.6 Å². The summed E-state index contributed by atoms with van der Waals surface area (Å²) in [6.45, 7) is 3.88. The minimum atomic E-state index is -0.760. The number of phenols is 1. The number of carbonyl (C=O) groups excluding carboxylic acids is 1. The number of hydrogen-bond donors (Lipinski definition) is 2. The fourth-order valence-electron chi connectivity index (χ4n) is 3.42. The van der Waals surface area contributed by atoms with E-state index in [4.69, 9.17) is 0 Å². The second kappa shape index (κ2) is 8.05. The Balaban J connectivity index is 1.51. The van der Waals surface area contributed by atoms with E-state index in [-0.39, 0.29) is 11.3 Å². The van der Waals surface area contributed by atoms with Crippen molar-refractivity contribution in [2.24, 2.45) is 0 Å². The second-order valence-electron chi connectivity index (χ2n) is 6.91. The van der Waals surface area contributed by atoms with Crippen molar-refractivity contribution in [1.82, 2.24) is 4.98 Å². The number of aromatic nitrogens is 1. The summed E-state index contributed by atoms with van der Waals surface area (Å²) in [5.41, 5.74) is 3.84. The third-order valence-corrected chi connectivity index (χ3v) is 5.85. The number of phenolic OH excluding ortho intramolecular Hbond substituents is 1. The lowest BCUT2D eigenvalue weighted by atomic mass is 9.95. The maximum atomic E-state index is 13.9. The number of amides is 1. The molecule has 1 aromatic heterocycles. The smallest absolute Gasteiger partial charge is 0.262 e. The molecule has 7 heteroatoms. The van der Waals surface area contributed by atoms with Crippen LogP contribution >= 0.6 is 11.3 Å². The number of hydrogen-bond acceptors (Lipinski definition) is 5. The Morgan fingerprint density at radius 2 is 2.03 bits per heavy atom. The van der Waals surface area contributed by atoms with E-state index >= 15 is 0 Å². The Hall–Kier alpha value is -3.19. The molecule has 0 fully saturated rings. The van der Waals surface area contributed by atoms with Crippen LogP contribution in [0.2, 0.25) is 0 Å². The van der Waals surface area contributed by atoms with E-state index in [2.05, 4.69) is 22.1 Å². The molecule has 1 aliphatic rings. The molecule has 1 aliphatic heterocycles. The van der Waals surface area contributed by atoms with Gasteiger partial charge in [-0.25, -0.2) is 9.37 Å². The van der Waals surface area contributed by atoms with Crippen LogP contribution in [0.25, 0.3) is 5.57 Å². The average Bonchev–Trinajstić information content (AvgIpc) is 3.24. The zero-order valence-electron chi connectivity index (χ0n) is 15.9. The lowest BCUT2D eigenvalue weighted by molar-refractivity contribution is 0.102. The van der Waals surface area contributed by atoms with Gasteiger partial charge >= 0.3 is 0 Å². The van der Waals surface area contributed by atoms with Gasteiger partial charge in [0.2, 0.25) is 0 Å². The van der Waals surface area contributed by atoms with Crippen molar-refractivity contribution in [2.45, 2.75) is 13.3 Å². The van der Waals surface area contributed by atoms with E-state index in [0.29, 0.717) is 5.69 Å². The Morgan fingerprint density at radius 3 is 2.72 bits per heavy atom. The molecule has 5 nitrogen and oxygen atoms in total. The number of nitrogens with one attached hydrogen (secondary N) is 1. The number of anilines is 2. The Labute approximate surface area is 172 Å². The van der Waals surface area contributed by atoms with Gasteiger partial charge in [-0.05, 0) is 48.7 Å². The first-order valence-electron chi connectivity index (χ1n) is 9.25. The summed E-state index contributed by atoms with van der Waals surface area (Å²) in [4.78, 5) is 19.0. The maximum absolute atomic E-state index is 13.9. The number of rotatable bonds is 4. The molecule has 0 radical (unpaired) electrons. The van der Waals surface area contributed by atoms with Crippen LogP contribution < -0.4 is 10.2 Å². The fraction of sp³-hybridized carbons (Fsp3) is 0.182. The summed E-state index contributed by atoms with van der Waals surface area (Å²) in [7, 11) is 0. The van der Waals surface area contributed by atoms with Crippen molar-refractivity contribution < 1.29 is 14.3 Å². The molecule has 0 aliphatic carbocycles. The molecular formula is C22H20FN3O2S. The predicted molar refractivity (Wildman–Crippen MR) is 114 cm³/mol. The predicted octanol–water partition coefficient (Wildman–Crippen LogP) is 4.92. The number of thiazole rings is 1. The van der Waals surface area contributed by atoms with Crippen LogP contribution in [0.3, 0.4) is 0 Å². The van der Waals surface area contributed by atoms with E-state index in [9.17, 15) is 14.3 Å². The Morgan fingerprint density at radius 1 is 1.24 bits per heavy atom. The normalized spacial score (nSPS) is 14.2. The topological polar surface area (TPSA) is 65.5 Å². The first-order valence-corrected chi connectivity index (χ1v) is 10.1. The van der Waals surface area contributed by atoms with Crippen molar-refractivity contribution in [3.8, 4) is 5.75 Å². The van der Waals surface area contributed by atoms with E-state index in [1.54, 1.807) is 23.5 Å². The van der Waals surface area contributed by atoms with Crippen LogP contribution in [0, 0.1) is 5.82 Å². The molecule has 2 N–H and O–H groups in total. The van der Waals surface area contributed by atoms with Crippen LogP contribution in [0.1, 0.15) is 29.3 Å². The highest BCUT2D eigenvalue weighted by molar-refractivity contribution is 7.13. The largest absolute Gasteiger partial charge is 0.507 e. The van der Waals surface area contributed by atoms with E-state index in [1.165, 1.54) is 23.3 Å². The quantitative estimate of drug-likeness (QED) is 0.642. The summed E-state index contributed by atoms with van der Waals surface area (Å²) in [6.07, 6.45) is 2.79. The number of halogens is 1. The maximum Gasteiger partial charge on any atom is 0.262 e. The third kappa shape index (κ3) is 4.00. The van der Waals surface area contributed by atoms with Crippen molar-refractivity contribution in [3.05, 3.63) is 76.6 Å². The van der Waals surface area contributed by atoms with Crippen LogP contribution in [0.4, 0.5) is 15.2 Å². The van der Waals surface area contributed by atoms with Gasteiger partial charge < -0.3 is 15.3 Å². The minimum Gasteiger partial charge on any atom is -0.507 e. The zero-order valence-corrected chi connectivity index (χ0v) is 16.7. The molecule has 0 spiro atoms. The van der Waals surface area contributed by atoms with Crippen LogP contribution in [-0.4, -0.2) is 29.1 Å². The molecule has 29 heavy (non-hydrogen) atoms. The number of aromatic hydroxyl groups is 1. The minimum absolute atomic E-state index is 0.360. The first-order chi connectivity index (χ1) is 14.0. The average molecular weight is 409 g/mol. The second-order valence-corrected chi connectivity index (χ2v) is 7.78. The highest BCUT2D eigenvalue weighted by Crippen LogP contribution is 2.31. The molecule has 1 amide bonds. The molecule has 0 saturated carbocycles. The zero-order chi connectivity index (χ0) is 20.4. The van der Waals surface area contributed by atoms with Gasteiger partial charge in [0.25, 0.3) is 5.91 Å². The summed E-state index contributed by atoms with van der Waals surface area (Å²) < 4.78 is 13.9. The summed E-state index contributed by atoms with van der Waals surface area (Å²) in [5, 5.41) is 15.4. The summed E-state index contributed by atoms with van der Waals surface area (Å²) in [6, 6.07) is 11.2.